The molecule has 1 amide bonds. The van der Waals surface area contributed by atoms with Crippen LogP contribution in [0.15, 0.2) is 76.7 Å². The van der Waals surface area contributed by atoms with E-state index in [0.29, 0.717) is 43.2 Å². The second kappa shape index (κ2) is 9.65. The Hall–Kier alpha value is -3.00. The minimum Gasteiger partial charge on any atom is -0.497 e. The molecule has 1 aromatic heterocycles. The van der Waals surface area contributed by atoms with Gasteiger partial charge in [-0.1, -0.05) is 47.1 Å². The molecule has 6 nitrogen and oxygen atoms in total. The van der Waals surface area contributed by atoms with Crippen molar-refractivity contribution in [2.75, 3.05) is 18.2 Å². The predicted molar refractivity (Wildman–Crippen MR) is 130 cm³/mol. The largest absolute Gasteiger partial charge is 0.497 e. The lowest BCUT2D eigenvalue weighted by molar-refractivity contribution is -0.113. The van der Waals surface area contributed by atoms with Gasteiger partial charge in [0.15, 0.2) is 5.16 Å². The smallest absolute Gasteiger partial charge is 0.266 e. The summed E-state index contributed by atoms with van der Waals surface area (Å²) in [5, 5.41) is 4.49. The number of hydrogen-bond acceptors (Lipinski definition) is 5. The van der Waals surface area contributed by atoms with E-state index in [4.69, 9.17) is 27.9 Å². The highest BCUT2D eigenvalue weighted by atomic mass is 35.5. The average molecular weight is 486 g/mol. The van der Waals surface area contributed by atoms with Gasteiger partial charge < -0.3 is 10.1 Å². The van der Waals surface area contributed by atoms with Gasteiger partial charge in [-0.15, -0.1) is 0 Å². The van der Waals surface area contributed by atoms with Gasteiger partial charge in [-0.05, 0) is 54.6 Å². The molecule has 0 aliphatic carbocycles. The van der Waals surface area contributed by atoms with Crippen molar-refractivity contribution in [3.8, 4) is 11.4 Å². The van der Waals surface area contributed by atoms with Crippen LogP contribution in [0.25, 0.3) is 16.6 Å². The maximum Gasteiger partial charge on any atom is 0.266 e. The van der Waals surface area contributed by atoms with Crippen LogP contribution in [0, 0.1) is 0 Å². The van der Waals surface area contributed by atoms with Crippen molar-refractivity contribution in [1.82, 2.24) is 9.55 Å². The highest BCUT2D eigenvalue weighted by molar-refractivity contribution is 7.99. The molecule has 0 atom stereocenters. The van der Waals surface area contributed by atoms with Gasteiger partial charge in [0, 0.05) is 15.7 Å². The first-order valence-electron chi connectivity index (χ1n) is 9.49. The zero-order valence-electron chi connectivity index (χ0n) is 16.8. The van der Waals surface area contributed by atoms with E-state index in [0.717, 1.165) is 11.8 Å². The van der Waals surface area contributed by atoms with Crippen molar-refractivity contribution in [1.29, 1.82) is 0 Å². The van der Waals surface area contributed by atoms with Gasteiger partial charge >= 0.3 is 0 Å². The van der Waals surface area contributed by atoms with Crippen molar-refractivity contribution in [2.45, 2.75) is 5.16 Å². The van der Waals surface area contributed by atoms with E-state index in [9.17, 15) is 9.59 Å². The lowest BCUT2D eigenvalue weighted by atomic mass is 10.2. The summed E-state index contributed by atoms with van der Waals surface area (Å²) in [6, 6.07) is 19.0. The molecule has 1 heterocycles. The number of halogens is 2. The summed E-state index contributed by atoms with van der Waals surface area (Å²) >= 11 is 13.1. The molecule has 0 spiro atoms. The highest BCUT2D eigenvalue weighted by Gasteiger charge is 2.15. The van der Waals surface area contributed by atoms with Crippen LogP contribution in [0.2, 0.25) is 10.0 Å². The second-order valence-electron chi connectivity index (χ2n) is 6.75. The number of aromatic nitrogens is 2. The van der Waals surface area contributed by atoms with Crippen LogP contribution in [-0.2, 0) is 4.79 Å². The highest BCUT2D eigenvalue weighted by Crippen LogP contribution is 2.25. The number of nitrogens with one attached hydrogen (secondary N) is 1. The minimum atomic E-state index is -0.281. The molecule has 0 aliphatic heterocycles. The first-order valence-corrected chi connectivity index (χ1v) is 11.2. The molecular formula is C23H17Cl2N3O3S. The Bertz CT molecular complexity index is 1340. The van der Waals surface area contributed by atoms with Crippen LogP contribution < -0.4 is 15.6 Å². The van der Waals surface area contributed by atoms with Crippen molar-refractivity contribution in [2.24, 2.45) is 0 Å². The number of ether oxygens (including phenoxy) is 1. The number of amides is 1. The van der Waals surface area contributed by atoms with Crippen molar-refractivity contribution >= 4 is 57.5 Å². The molecule has 9 heteroatoms. The zero-order valence-corrected chi connectivity index (χ0v) is 19.2. The van der Waals surface area contributed by atoms with Gasteiger partial charge in [-0.25, -0.2) is 4.98 Å². The van der Waals surface area contributed by atoms with E-state index >= 15 is 0 Å². The monoisotopic (exact) mass is 485 g/mol. The summed E-state index contributed by atoms with van der Waals surface area (Å²) in [5.74, 6) is 0.423. The standard InChI is InChI=1S/C23H17Cl2N3O3S/c1-31-18-8-6-17(7-9-18)28-22(30)19-4-2-3-5-20(19)27-23(28)32-13-21(29)26-16-11-14(24)10-15(25)12-16/h2-12H,13H2,1H3,(H,26,29). The molecule has 1 N–H and O–H groups in total. The van der Waals surface area contributed by atoms with Gasteiger partial charge in [0.1, 0.15) is 5.75 Å². The fourth-order valence-electron chi connectivity index (χ4n) is 3.12. The molecule has 0 unspecified atom stereocenters. The molecule has 3 aromatic carbocycles. The Morgan fingerprint density at radius 3 is 2.44 bits per heavy atom. The molecule has 0 fully saturated rings. The minimum absolute atomic E-state index is 0.0328. The summed E-state index contributed by atoms with van der Waals surface area (Å²) in [4.78, 5) is 30.4. The maximum absolute atomic E-state index is 13.3. The Morgan fingerprint density at radius 1 is 1.06 bits per heavy atom. The molecule has 0 bridgehead atoms. The molecule has 4 rings (SSSR count). The zero-order chi connectivity index (χ0) is 22.7. The third-order valence-corrected chi connectivity index (χ3v) is 5.93. The number of para-hydroxylation sites is 1. The lowest BCUT2D eigenvalue weighted by Crippen LogP contribution is -2.23. The molecule has 162 valence electrons. The lowest BCUT2D eigenvalue weighted by Gasteiger charge is -2.14. The topological polar surface area (TPSA) is 73.2 Å². The normalized spacial score (nSPS) is 10.8. The summed E-state index contributed by atoms with van der Waals surface area (Å²) in [6.07, 6.45) is 0. The van der Waals surface area contributed by atoms with E-state index < -0.39 is 0 Å². The van der Waals surface area contributed by atoms with E-state index in [-0.39, 0.29) is 17.2 Å². The fourth-order valence-corrected chi connectivity index (χ4v) is 4.46. The Labute approximate surface area is 198 Å². The van der Waals surface area contributed by atoms with Crippen LogP contribution in [0.3, 0.4) is 0 Å². The molecule has 0 aliphatic rings. The van der Waals surface area contributed by atoms with Crippen molar-refractivity contribution < 1.29 is 9.53 Å². The van der Waals surface area contributed by atoms with Gasteiger partial charge in [-0.2, -0.15) is 0 Å². The Morgan fingerprint density at radius 2 is 1.75 bits per heavy atom. The number of anilines is 1. The quantitative estimate of drug-likeness (QED) is 0.291. The molecule has 0 saturated carbocycles. The number of fused-ring (bicyclic) bond motifs is 1. The number of rotatable bonds is 6. The van der Waals surface area contributed by atoms with Crippen molar-refractivity contribution in [3.63, 3.8) is 0 Å². The Balaban J connectivity index is 1.66. The van der Waals surface area contributed by atoms with E-state index in [2.05, 4.69) is 10.3 Å². The van der Waals surface area contributed by atoms with Gasteiger partial charge in [-0.3, -0.25) is 14.2 Å². The van der Waals surface area contributed by atoms with Crippen LogP contribution >= 0.6 is 35.0 Å². The average Bonchev–Trinajstić information content (AvgIpc) is 2.77. The first-order chi connectivity index (χ1) is 15.4. The van der Waals surface area contributed by atoms with E-state index in [1.807, 2.05) is 6.07 Å². The third kappa shape index (κ3) is 4.91. The number of nitrogens with zero attached hydrogens (tertiary/aromatic N) is 2. The van der Waals surface area contributed by atoms with Gasteiger partial charge in [0.25, 0.3) is 5.56 Å². The maximum atomic E-state index is 13.3. The number of carbonyl (C=O) groups excluding carboxylic acids is 1. The number of carbonyl (C=O) groups is 1. The second-order valence-corrected chi connectivity index (χ2v) is 8.56. The fraction of sp³-hybridized carbons (Fsp3) is 0.0870. The van der Waals surface area contributed by atoms with Crippen LogP contribution in [0.5, 0.6) is 5.75 Å². The number of benzene rings is 3. The molecular weight excluding hydrogens is 469 g/mol. The van der Waals surface area contributed by atoms with Crippen molar-refractivity contribution in [3.05, 3.63) is 87.1 Å². The summed E-state index contributed by atoms with van der Waals surface area (Å²) in [6.45, 7) is 0. The van der Waals surface area contributed by atoms with Gasteiger partial charge in [0.05, 0.1) is 29.5 Å². The molecule has 4 aromatic rings. The summed E-state index contributed by atoms with van der Waals surface area (Å²) in [5.41, 5.74) is 1.46. The Kier molecular flexibility index (Phi) is 6.69. The van der Waals surface area contributed by atoms with Crippen LogP contribution in [0.4, 0.5) is 5.69 Å². The summed E-state index contributed by atoms with van der Waals surface area (Å²) < 4.78 is 6.70. The van der Waals surface area contributed by atoms with Crippen LogP contribution in [-0.4, -0.2) is 28.3 Å². The number of thioether (sulfide) groups is 1. The number of methoxy groups -OCH3 is 1. The molecule has 0 saturated heterocycles. The summed E-state index contributed by atoms with van der Waals surface area (Å²) in [7, 11) is 1.58. The van der Waals surface area contributed by atoms with E-state index in [1.54, 1.807) is 67.8 Å². The predicted octanol–water partition coefficient (Wildman–Crippen LogP) is 5.43. The molecule has 32 heavy (non-hydrogen) atoms. The van der Waals surface area contributed by atoms with Gasteiger partial charge in [0.2, 0.25) is 5.91 Å². The van der Waals surface area contributed by atoms with Crippen LogP contribution in [0.1, 0.15) is 0 Å². The van der Waals surface area contributed by atoms with E-state index in [1.165, 1.54) is 4.57 Å². The third-order valence-electron chi connectivity index (χ3n) is 4.55. The SMILES string of the molecule is COc1ccc(-n2c(SCC(=O)Nc3cc(Cl)cc(Cl)c3)nc3ccccc3c2=O)cc1. The first kappa shape index (κ1) is 22.2. The number of hydrogen-bond donors (Lipinski definition) is 1. The molecule has 0 radical (unpaired) electrons.